The van der Waals surface area contributed by atoms with Gasteiger partial charge >= 0.3 is 0 Å². The van der Waals surface area contributed by atoms with Crippen molar-refractivity contribution in [3.05, 3.63) is 76.1 Å². The Bertz CT molecular complexity index is 881. The molecule has 0 aliphatic heterocycles. The van der Waals surface area contributed by atoms with Crippen LogP contribution in [0.4, 0.5) is 13.2 Å². The van der Waals surface area contributed by atoms with E-state index in [9.17, 15) is 13.2 Å². The maximum atomic E-state index is 15.0. The van der Waals surface area contributed by atoms with Gasteiger partial charge in [0.05, 0.1) is 0 Å². The van der Waals surface area contributed by atoms with Gasteiger partial charge in [0.25, 0.3) is 0 Å². The van der Waals surface area contributed by atoms with E-state index in [0.29, 0.717) is 18.4 Å². The highest BCUT2D eigenvalue weighted by Gasteiger charge is 2.25. The van der Waals surface area contributed by atoms with Crippen molar-refractivity contribution in [2.45, 2.75) is 70.6 Å². The molecule has 0 bridgehead atoms. The van der Waals surface area contributed by atoms with Gasteiger partial charge in [0.1, 0.15) is 17.5 Å². The second kappa shape index (κ2) is 8.77. The number of rotatable bonds is 5. The minimum atomic E-state index is -0.487. The van der Waals surface area contributed by atoms with E-state index in [2.05, 4.69) is 6.92 Å². The Morgan fingerprint density at radius 1 is 0.897 bits per heavy atom. The summed E-state index contributed by atoms with van der Waals surface area (Å²) in [4.78, 5) is 0. The largest absolute Gasteiger partial charge is 0.207 e. The van der Waals surface area contributed by atoms with Crippen molar-refractivity contribution in [3.8, 4) is 0 Å². The van der Waals surface area contributed by atoms with Crippen LogP contribution < -0.4 is 0 Å². The second-order valence-electron chi connectivity index (χ2n) is 8.74. The zero-order valence-electron chi connectivity index (χ0n) is 17.1. The third-order valence-corrected chi connectivity index (χ3v) is 6.79. The molecule has 0 N–H and O–H groups in total. The van der Waals surface area contributed by atoms with Gasteiger partial charge in [0, 0.05) is 5.56 Å². The zero-order chi connectivity index (χ0) is 20.4. The number of halogens is 3. The number of unbranched alkanes of at least 4 members (excludes halogenated alkanes) is 1. The summed E-state index contributed by atoms with van der Waals surface area (Å²) in [6, 6.07) is 7.74. The molecule has 0 aromatic heterocycles. The highest BCUT2D eigenvalue weighted by Crippen LogP contribution is 2.39. The summed E-state index contributed by atoms with van der Waals surface area (Å²) in [6.07, 6.45) is 10.9. The Morgan fingerprint density at radius 3 is 2.31 bits per heavy atom. The fraction of sp³-hybridized carbons (Fsp3) is 0.462. The van der Waals surface area contributed by atoms with Gasteiger partial charge in [-0.05, 0) is 96.9 Å². The Hall–Kier alpha value is -2.03. The average Bonchev–Trinajstić information content (AvgIpc) is 2.72. The van der Waals surface area contributed by atoms with Crippen LogP contribution in [0.25, 0.3) is 5.57 Å². The molecule has 0 atom stereocenters. The van der Waals surface area contributed by atoms with Gasteiger partial charge in [0.2, 0.25) is 0 Å². The van der Waals surface area contributed by atoms with E-state index in [0.717, 1.165) is 48.3 Å². The molecule has 2 aromatic carbocycles. The van der Waals surface area contributed by atoms with Gasteiger partial charge < -0.3 is 0 Å². The molecule has 2 aliphatic carbocycles. The molecule has 1 saturated carbocycles. The first-order valence-electron chi connectivity index (χ1n) is 11.0. The normalized spacial score (nSPS) is 21.6. The number of allylic oxidation sites excluding steroid dienone is 2. The van der Waals surface area contributed by atoms with Crippen molar-refractivity contribution in [3.63, 3.8) is 0 Å². The van der Waals surface area contributed by atoms with Crippen molar-refractivity contribution in [1.82, 2.24) is 0 Å². The van der Waals surface area contributed by atoms with Crippen LogP contribution in [0.1, 0.15) is 80.0 Å². The third kappa shape index (κ3) is 4.44. The van der Waals surface area contributed by atoms with Crippen molar-refractivity contribution in [2.24, 2.45) is 5.92 Å². The lowest BCUT2D eigenvalue weighted by molar-refractivity contribution is 0.303. The molecule has 0 amide bonds. The molecule has 0 saturated heterocycles. The first kappa shape index (κ1) is 20.3. The minimum absolute atomic E-state index is 0.0558. The Morgan fingerprint density at radius 2 is 1.62 bits per heavy atom. The maximum absolute atomic E-state index is 15.0. The molecular weight excluding hydrogens is 369 g/mol. The van der Waals surface area contributed by atoms with Crippen LogP contribution in [0, 0.1) is 23.4 Å². The average molecular weight is 399 g/mol. The van der Waals surface area contributed by atoms with Crippen LogP contribution >= 0.6 is 0 Å². The lowest BCUT2D eigenvalue weighted by atomic mass is 9.76. The first-order valence-corrected chi connectivity index (χ1v) is 11.0. The molecule has 0 nitrogen and oxygen atoms in total. The predicted molar refractivity (Wildman–Crippen MR) is 112 cm³/mol. The third-order valence-electron chi connectivity index (χ3n) is 6.79. The standard InChI is InChI=1S/C26H29F3/c1-2-3-4-17-5-7-18(8-6-17)22-15-24(28)26(25(29)16-22)20-10-9-19-11-12-23(27)14-21(19)13-20/h10-12,14-18H,2-9,13H2,1H3. The molecule has 154 valence electrons. The van der Waals surface area contributed by atoms with Crippen molar-refractivity contribution in [2.75, 3.05) is 0 Å². The van der Waals surface area contributed by atoms with Crippen LogP contribution in [0.5, 0.6) is 0 Å². The predicted octanol–water partition coefficient (Wildman–Crippen LogP) is 7.75. The highest BCUT2D eigenvalue weighted by atomic mass is 19.1. The summed E-state index contributed by atoms with van der Waals surface area (Å²) in [5.74, 6) is -0.261. The van der Waals surface area contributed by atoms with Gasteiger partial charge in [-0.15, -0.1) is 0 Å². The van der Waals surface area contributed by atoms with E-state index in [-0.39, 0.29) is 17.3 Å². The smallest absolute Gasteiger partial charge is 0.133 e. The van der Waals surface area contributed by atoms with E-state index < -0.39 is 11.6 Å². The van der Waals surface area contributed by atoms with E-state index in [1.807, 2.05) is 6.08 Å². The number of fused-ring (bicyclic) bond motifs is 1. The van der Waals surface area contributed by atoms with Crippen LogP contribution in [-0.2, 0) is 12.8 Å². The fourth-order valence-electron chi connectivity index (χ4n) is 5.07. The summed E-state index contributed by atoms with van der Waals surface area (Å²) >= 11 is 0. The van der Waals surface area contributed by atoms with Crippen molar-refractivity contribution < 1.29 is 13.2 Å². The molecule has 1 fully saturated rings. The molecule has 0 spiro atoms. The molecule has 2 aliphatic rings. The lowest BCUT2D eigenvalue weighted by Gasteiger charge is -2.29. The Labute approximate surface area is 171 Å². The molecule has 0 heterocycles. The fourth-order valence-corrected chi connectivity index (χ4v) is 5.07. The molecule has 2 aromatic rings. The van der Waals surface area contributed by atoms with Gasteiger partial charge in [-0.2, -0.15) is 0 Å². The van der Waals surface area contributed by atoms with Gasteiger partial charge in [-0.3, -0.25) is 0 Å². The summed E-state index contributed by atoms with van der Waals surface area (Å²) < 4.78 is 43.6. The SMILES string of the molecule is CCCCC1CCC(c2cc(F)c(C3=CCc4ccc(F)cc4C3)c(F)c2)CC1. The lowest BCUT2D eigenvalue weighted by Crippen LogP contribution is -2.14. The number of hydrogen-bond donors (Lipinski definition) is 0. The Kier molecular flexibility index (Phi) is 6.12. The van der Waals surface area contributed by atoms with Crippen LogP contribution in [0.3, 0.4) is 0 Å². The maximum Gasteiger partial charge on any atom is 0.133 e. The summed E-state index contributed by atoms with van der Waals surface area (Å²) in [6.45, 7) is 2.22. The van der Waals surface area contributed by atoms with E-state index in [1.54, 1.807) is 6.07 Å². The number of hydrogen-bond acceptors (Lipinski definition) is 0. The topological polar surface area (TPSA) is 0 Å². The zero-order valence-corrected chi connectivity index (χ0v) is 17.1. The summed E-state index contributed by atoms with van der Waals surface area (Å²) in [5, 5.41) is 0. The van der Waals surface area contributed by atoms with E-state index >= 15 is 0 Å². The highest BCUT2D eigenvalue weighted by molar-refractivity contribution is 5.71. The minimum Gasteiger partial charge on any atom is -0.207 e. The van der Waals surface area contributed by atoms with E-state index in [4.69, 9.17) is 0 Å². The van der Waals surface area contributed by atoms with Crippen molar-refractivity contribution in [1.29, 1.82) is 0 Å². The second-order valence-corrected chi connectivity index (χ2v) is 8.74. The summed E-state index contributed by atoms with van der Waals surface area (Å²) in [7, 11) is 0. The van der Waals surface area contributed by atoms with Crippen LogP contribution in [0.15, 0.2) is 36.4 Å². The van der Waals surface area contributed by atoms with Crippen LogP contribution in [-0.4, -0.2) is 0 Å². The quantitative estimate of drug-likeness (QED) is 0.483. The first-order chi connectivity index (χ1) is 14.0. The molecule has 29 heavy (non-hydrogen) atoms. The number of benzene rings is 2. The van der Waals surface area contributed by atoms with Gasteiger partial charge in [-0.1, -0.05) is 38.3 Å². The molecule has 0 unspecified atom stereocenters. The molecule has 0 radical (unpaired) electrons. The molecular formula is C26H29F3. The van der Waals surface area contributed by atoms with Crippen LogP contribution in [0.2, 0.25) is 0 Å². The monoisotopic (exact) mass is 398 g/mol. The molecule has 4 rings (SSSR count). The molecule has 3 heteroatoms. The van der Waals surface area contributed by atoms with Gasteiger partial charge in [0.15, 0.2) is 0 Å². The summed E-state index contributed by atoms with van der Waals surface area (Å²) in [5.41, 5.74) is 3.30. The Balaban J connectivity index is 1.51. The van der Waals surface area contributed by atoms with E-state index in [1.165, 1.54) is 43.5 Å². The van der Waals surface area contributed by atoms with Gasteiger partial charge in [-0.25, -0.2) is 13.2 Å². The van der Waals surface area contributed by atoms with Crippen molar-refractivity contribution >= 4 is 5.57 Å².